The molecule has 0 fully saturated rings. The fourth-order valence-electron chi connectivity index (χ4n) is 3.03. The molecule has 0 unspecified atom stereocenters. The highest BCUT2D eigenvalue weighted by molar-refractivity contribution is 7.18. The van der Waals surface area contributed by atoms with Crippen LogP contribution in [0.4, 0.5) is 5.00 Å². The van der Waals surface area contributed by atoms with Gasteiger partial charge in [-0.2, -0.15) is 5.26 Å². The number of nitrogens with one attached hydrogen (secondary N) is 1. The lowest BCUT2D eigenvalue weighted by Crippen LogP contribution is -2.09. The maximum absolute atomic E-state index is 12.6. The zero-order valence-electron chi connectivity index (χ0n) is 19.4. The molecule has 0 radical (unpaired) electrons. The van der Waals surface area contributed by atoms with Crippen LogP contribution in [0.3, 0.4) is 0 Å². The van der Waals surface area contributed by atoms with Gasteiger partial charge in [0, 0.05) is 17.1 Å². The van der Waals surface area contributed by atoms with Crippen LogP contribution >= 0.6 is 22.7 Å². The van der Waals surface area contributed by atoms with Crippen molar-refractivity contribution in [3.8, 4) is 23.1 Å². The molecule has 1 N–H and O–H groups in total. The summed E-state index contributed by atoms with van der Waals surface area (Å²) in [7, 11) is 1.60. The molecule has 2 heterocycles. The van der Waals surface area contributed by atoms with Crippen molar-refractivity contribution in [3.63, 3.8) is 0 Å². The zero-order chi connectivity index (χ0) is 25.4. The first-order chi connectivity index (χ1) is 16.9. The average molecular weight is 510 g/mol. The molecule has 180 valence electrons. The summed E-state index contributed by atoms with van der Waals surface area (Å²) in [5.41, 5.74) is 2.54. The minimum atomic E-state index is -0.575. The summed E-state index contributed by atoms with van der Waals surface area (Å²) in [6, 6.07) is 9.58. The molecule has 0 saturated heterocycles. The van der Waals surface area contributed by atoms with E-state index >= 15 is 0 Å². The predicted octanol–water partition coefficient (Wildman–Crippen LogP) is 5.68. The van der Waals surface area contributed by atoms with E-state index < -0.39 is 11.9 Å². The summed E-state index contributed by atoms with van der Waals surface area (Å²) >= 11 is 2.37. The van der Waals surface area contributed by atoms with Gasteiger partial charge in [0.25, 0.3) is 0 Å². The van der Waals surface area contributed by atoms with Gasteiger partial charge in [0.2, 0.25) is 0 Å². The van der Waals surface area contributed by atoms with E-state index in [1.165, 1.54) is 23.6 Å². The van der Waals surface area contributed by atoms with Crippen LogP contribution in [0.15, 0.2) is 48.5 Å². The van der Waals surface area contributed by atoms with Crippen LogP contribution in [0.2, 0.25) is 0 Å². The van der Waals surface area contributed by atoms with Gasteiger partial charge in [0.1, 0.15) is 38.9 Å². The molecular formula is C25H23N3O5S2. The summed E-state index contributed by atoms with van der Waals surface area (Å²) in [5.74, 6) is -0.406. The molecule has 0 spiro atoms. The Bertz CT molecular complexity index is 1300. The average Bonchev–Trinajstić information content (AvgIpc) is 3.48. The molecule has 0 saturated carbocycles. The first-order valence-electron chi connectivity index (χ1n) is 10.5. The summed E-state index contributed by atoms with van der Waals surface area (Å²) in [6.07, 6.45) is 2.92. The van der Waals surface area contributed by atoms with Gasteiger partial charge in [0.05, 0.1) is 25.0 Å². The Morgan fingerprint density at radius 1 is 1.23 bits per heavy atom. The lowest BCUT2D eigenvalue weighted by atomic mass is 10.1. The van der Waals surface area contributed by atoms with Crippen LogP contribution < -0.4 is 10.1 Å². The van der Waals surface area contributed by atoms with Crippen molar-refractivity contribution < 1.29 is 23.8 Å². The highest BCUT2D eigenvalue weighted by Gasteiger charge is 2.26. The molecule has 0 aliphatic heterocycles. The Hall–Kier alpha value is -3.94. The Morgan fingerprint density at radius 3 is 2.60 bits per heavy atom. The normalized spacial score (nSPS) is 10.9. The van der Waals surface area contributed by atoms with Gasteiger partial charge < -0.3 is 19.5 Å². The number of hydrogen-bond acceptors (Lipinski definition) is 10. The number of benzene rings is 1. The van der Waals surface area contributed by atoms with Crippen molar-refractivity contribution in [2.24, 2.45) is 0 Å². The molecular weight excluding hydrogens is 486 g/mol. The van der Waals surface area contributed by atoms with Crippen LogP contribution in [0.5, 0.6) is 5.75 Å². The maximum Gasteiger partial charge on any atom is 0.348 e. The minimum absolute atomic E-state index is 0.0483. The molecule has 0 aliphatic carbocycles. The first-order valence-corrected chi connectivity index (χ1v) is 12.2. The van der Waals surface area contributed by atoms with Gasteiger partial charge in [-0.15, -0.1) is 22.7 Å². The number of anilines is 1. The monoisotopic (exact) mass is 509 g/mol. The maximum atomic E-state index is 12.6. The van der Waals surface area contributed by atoms with Gasteiger partial charge in [0.15, 0.2) is 0 Å². The second-order valence-electron chi connectivity index (χ2n) is 6.95. The lowest BCUT2D eigenvalue weighted by molar-refractivity contribution is 0.0527. The summed E-state index contributed by atoms with van der Waals surface area (Å²) in [5, 5.41) is 15.5. The number of allylic oxidation sites excluding steroid dienone is 1. The summed E-state index contributed by atoms with van der Waals surface area (Å²) in [4.78, 5) is 29.9. The molecule has 3 aromatic rings. The molecule has 0 aliphatic rings. The molecule has 2 aromatic heterocycles. The summed E-state index contributed by atoms with van der Waals surface area (Å²) < 4.78 is 15.5. The molecule has 0 bridgehead atoms. The Balaban J connectivity index is 1.91. The van der Waals surface area contributed by atoms with E-state index in [1.54, 1.807) is 21.0 Å². The quantitative estimate of drug-likeness (QED) is 0.211. The Morgan fingerprint density at radius 2 is 1.97 bits per heavy atom. The van der Waals surface area contributed by atoms with Gasteiger partial charge in [-0.25, -0.2) is 14.6 Å². The van der Waals surface area contributed by atoms with Crippen LogP contribution in [0, 0.1) is 18.3 Å². The third-order valence-corrected chi connectivity index (χ3v) is 6.81. The molecule has 0 amide bonds. The number of aromatic nitrogens is 1. The molecule has 10 heteroatoms. The number of carbonyl (C=O) groups is 2. The third kappa shape index (κ3) is 5.95. The van der Waals surface area contributed by atoms with Crippen molar-refractivity contribution in [2.75, 3.05) is 25.6 Å². The molecule has 1 aromatic carbocycles. The molecule has 3 rings (SSSR count). The second-order valence-corrected chi connectivity index (χ2v) is 8.83. The van der Waals surface area contributed by atoms with Gasteiger partial charge in [-0.05, 0) is 43.7 Å². The first kappa shape index (κ1) is 25.7. The minimum Gasteiger partial charge on any atom is -0.497 e. The number of nitrogens with zero attached hydrogens (tertiary/aromatic N) is 2. The number of esters is 2. The van der Waals surface area contributed by atoms with Crippen LogP contribution in [0.25, 0.3) is 16.8 Å². The Kier molecular flexibility index (Phi) is 8.78. The van der Waals surface area contributed by atoms with Crippen molar-refractivity contribution in [1.82, 2.24) is 4.98 Å². The van der Waals surface area contributed by atoms with E-state index in [1.807, 2.05) is 29.6 Å². The van der Waals surface area contributed by atoms with Crippen LogP contribution in [0.1, 0.15) is 37.5 Å². The number of thiophene rings is 1. The molecule has 8 nitrogen and oxygen atoms in total. The van der Waals surface area contributed by atoms with E-state index in [4.69, 9.17) is 14.2 Å². The number of methoxy groups -OCH3 is 1. The smallest absolute Gasteiger partial charge is 0.348 e. The highest BCUT2D eigenvalue weighted by Crippen LogP contribution is 2.35. The van der Waals surface area contributed by atoms with E-state index in [9.17, 15) is 14.9 Å². The van der Waals surface area contributed by atoms with Gasteiger partial charge in [-0.3, -0.25) is 0 Å². The SMILES string of the molecule is C=CCOC(=O)c1sc(N/C=C(/C#N)c2nc(-c3ccc(OC)cc3)cs2)c(C(=O)OCC)c1C. The largest absolute Gasteiger partial charge is 0.497 e. The van der Waals surface area contributed by atoms with E-state index in [0.29, 0.717) is 15.6 Å². The predicted molar refractivity (Wildman–Crippen MR) is 137 cm³/mol. The molecule has 35 heavy (non-hydrogen) atoms. The topological polar surface area (TPSA) is 111 Å². The number of ether oxygens (including phenoxy) is 3. The third-order valence-electron chi connectivity index (χ3n) is 4.73. The number of thiazole rings is 1. The molecule has 0 atom stereocenters. The summed E-state index contributed by atoms with van der Waals surface area (Å²) in [6.45, 7) is 7.10. The zero-order valence-corrected chi connectivity index (χ0v) is 21.0. The van der Waals surface area contributed by atoms with Crippen molar-refractivity contribution >= 4 is 45.2 Å². The van der Waals surface area contributed by atoms with Gasteiger partial charge in [-0.1, -0.05) is 12.7 Å². The highest BCUT2D eigenvalue weighted by atomic mass is 32.1. The van der Waals surface area contributed by atoms with E-state index in [0.717, 1.165) is 28.3 Å². The number of rotatable bonds is 10. The van der Waals surface area contributed by atoms with Crippen LogP contribution in [-0.4, -0.2) is 37.2 Å². The van der Waals surface area contributed by atoms with Crippen molar-refractivity contribution in [2.45, 2.75) is 13.8 Å². The van der Waals surface area contributed by atoms with Gasteiger partial charge >= 0.3 is 11.9 Å². The Labute approximate surface area is 211 Å². The van der Waals surface area contributed by atoms with Crippen molar-refractivity contribution in [1.29, 1.82) is 5.26 Å². The number of hydrogen-bond donors (Lipinski definition) is 1. The van der Waals surface area contributed by atoms with Crippen LogP contribution in [-0.2, 0) is 9.47 Å². The fraction of sp³-hybridized carbons (Fsp3) is 0.200. The standard InChI is InChI=1S/C25H23N3O5S2/c1-5-11-33-25(30)21-15(3)20(24(29)32-6-2)23(35-21)27-13-17(12-26)22-28-19(14-34-22)16-7-9-18(31-4)10-8-16/h5,7-10,13-14,27H,1,6,11H2,2-4H3/b17-13-. The lowest BCUT2D eigenvalue weighted by Gasteiger charge is -2.05. The second kappa shape index (κ2) is 12.0. The van der Waals surface area contributed by atoms with Crippen molar-refractivity contribution in [3.05, 3.63) is 69.5 Å². The van der Waals surface area contributed by atoms with E-state index in [-0.39, 0.29) is 29.2 Å². The van der Waals surface area contributed by atoms with E-state index in [2.05, 4.69) is 22.9 Å². The number of nitriles is 1. The fourth-order valence-corrected chi connectivity index (χ4v) is 4.88. The number of carbonyl (C=O) groups excluding carboxylic acids is 2.